The summed E-state index contributed by atoms with van der Waals surface area (Å²) < 4.78 is 0. The lowest BCUT2D eigenvalue weighted by atomic mass is 10.1. The van der Waals surface area contributed by atoms with Crippen LogP contribution in [0.4, 0.5) is 22.7 Å². The number of carbonyl (C=O) groups is 4. The van der Waals surface area contributed by atoms with E-state index < -0.39 is 9.85 Å². The third-order valence-electron chi connectivity index (χ3n) is 7.88. The molecule has 0 unspecified atom stereocenters. The van der Waals surface area contributed by atoms with Crippen molar-refractivity contribution in [2.75, 3.05) is 22.9 Å². The zero-order valence-corrected chi connectivity index (χ0v) is 26.0. The molecule has 6 rings (SSSR count). The van der Waals surface area contributed by atoms with Crippen molar-refractivity contribution in [3.05, 3.63) is 145 Å². The number of ketones is 1. The summed E-state index contributed by atoms with van der Waals surface area (Å²) in [5.74, 6) is -0.541. The molecule has 2 aliphatic heterocycles. The van der Waals surface area contributed by atoms with Gasteiger partial charge >= 0.3 is 0 Å². The molecule has 0 aromatic heterocycles. The van der Waals surface area contributed by atoms with Gasteiger partial charge < -0.3 is 9.80 Å². The number of amides is 2. The topological polar surface area (TPSA) is 161 Å². The minimum Gasteiger partial charge on any atom is -0.308 e. The average Bonchev–Trinajstić information content (AvgIpc) is 3.37. The Balaban J connectivity index is 0.000000217. The Kier molecular flexibility index (Phi) is 11.5. The number of nitrogens with zero attached hydrogens (tertiary/aromatic N) is 4. The van der Waals surface area contributed by atoms with Crippen LogP contribution in [0.1, 0.15) is 63.3 Å². The highest BCUT2D eigenvalue weighted by molar-refractivity contribution is 6.51. The van der Waals surface area contributed by atoms with E-state index in [4.69, 9.17) is 11.6 Å². The number of nitro groups is 2. The number of aldehydes is 1. The van der Waals surface area contributed by atoms with Gasteiger partial charge in [-0.2, -0.15) is 0 Å². The van der Waals surface area contributed by atoms with Gasteiger partial charge in [-0.15, -0.1) is 0 Å². The minimum atomic E-state index is -0.518. The smallest absolute Gasteiger partial charge is 0.269 e. The van der Waals surface area contributed by atoms with Crippen molar-refractivity contribution in [1.29, 1.82) is 0 Å². The minimum absolute atomic E-state index is 0. The molecule has 0 atom stereocenters. The van der Waals surface area contributed by atoms with E-state index in [1.807, 2.05) is 0 Å². The molecule has 0 fully saturated rings. The molecule has 2 amide bonds. The van der Waals surface area contributed by atoms with Crippen molar-refractivity contribution in [3.63, 3.8) is 0 Å². The molecule has 4 aromatic carbocycles. The number of para-hydroxylation sites is 2. The molecule has 12 nitrogen and oxygen atoms in total. The number of Topliss-reactive ketones (excluding diaryl/α,β-unsaturated/α-hetero) is 1. The lowest BCUT2D eigenvalue weighted by Crippen LogP contribution is -2.32. The van der Waals surface area contributed by atoms with Crippen molar-refractivity contribution >= 4 is 63.3 Å². The van der Waals surface area contributed by atoms with Gasteiger partial charge in [0.2, 0.25) is 0 Å². The molecule has 0 aliphatic carbocycles. The van der Waals surface area contributed by atoms with Crippen LogP contribution in [0, 0.1) is 20.2 Å². The van der Waals surface area contributed by atoms with E-state index in [-0.39, 0.29) is 42.9 Å². The monoisotopic (exact) mass is 682 g/mol. The molecule has 0 spiro atoms. The maximum Gasteiger partial charge on any atom is 0.269 e. The molecule has 0 saturated carbocycles. The Morgan fingerprint density at radius 3 is 1.61 bits per heavy atom. The van der Waals surface area contributed by atoms with Gasteiger partial charge in [-0.25, -0.2) is 0 Å². The highest BCUT2D eigenvalue weighted by Gasteiger charge is 2.27. The molecule has 2 aliphatic rings. The van der Waals surface area contributed by atoms with Crippen molar-refractivity contribution in [3.8, 4) is 0 Å². The molecule has 250 valence electrons. The SMILES string of the molecule is C.O=C1CCCN(C(=O)c2ccc([N+](=O)[O-])cc2)c2ccccc21.O=CC1=C(Cl)c2ccccc2N(C(=O)c2ccc([N+](=O)[O-])cc2)CC1. The fourth-order valence-corrected chi connectivity index (χ4v) is 5.72. The number of benzene rings is 4. The second-order valence-corrected chi connectivity index (χ2v) is 11.2. The summed E-state index contributed by atoms with van der Waals surface area (Å²) >= 11 is 6.32. The van der Waals surface area contributed by atoms with Gasteiger partial charge in [-0.3, -0.25) is 39.4 Å². The Hall–Kier alpha value is -6.01. The molecule has 2 heterocycles. The molecule has 49 heavy (non-hydrogen) atoms. The largest absolute Gasteiger partial charge is 0.308 e. The first-order valence-electron chi connectivity index (χ1n) is 14.8. The van der Waals surface area contributed by atoms with E-state index in [0.717, 1.165) is 0 Å². The standard InChI is InChI=1S/C18H13ClN2O4.C17H14N2O4.CH4/c19-17-13(11-22)9-10-20(16-4-2-1-3-15(16)17)18(23)12-5-7-14(8-6-12)21(24)25;20-16-6-3-11-18(15-5-2-1-4-14(15)16)17(21)12-7-9-13(10-8-12)19(22)23;/h1-8,11H,9-10H2;1-2,4-5,7-10H,3,6,11H2;1H4. The number of halogens is 1. The number of hydrogen-bond acceptors (Lipinski definition) is 8. The van der Waals surface area contributed by atoms with Gasteiger partial charge in [0.05, 0.1) is 26.3 Å². The summed E-state index contributed by atoms with van der Waals surface area (Å²) in [6.45, 7) is 0.732. The predicted molar refractivity (Wildman–Crippen MR) is 186 cm³/mol. The van der Waals surface area contributed by atoms with Crippen LogP contribution in [0.15, 0.2) is 103 Å². The fourth-order valence-electron chi connectivity index (χ4n) is 5.42. The molecular weight excluding hydrogens is 652 g/mol. The van der Waals surface area contributed by atoms with Gasteiger partial charge in [-0.05, 0) is 55.3 Å². The van der Waals surface area contributed by atoms with E-state index in [2.05, 4.69) is 0 Å². The summed E-state index contributed by atoms with van der Waals surface area (Å²) in [5.41, 5.74) is 3.33. The lowest BCUT2D eigenvalue weighted by Gasteiger charge is -2.23. The number of non-ortho nitro benzene ring substituents is 2. The van der Waals surface area contributed by atoms with Crippen molar-refractivity contribution in [1.82, 2.24) is 0 Å². The highest BCUT2D eigenvalue weighted by Crippen LogP contribution is 2.36. The third-order valence-corrected chi connectivity index (χ3v) is 8.33. The summed E-state index contributed by atoms with van der Waals surface area (Å²) in [4.78, 5) is 72.6. The van der Waals surface area contributed by atoms with Crippen LogP contribution in [0.25, 0.3) is 5.03 Å². The first-order chi connectivity index (χ1) is 23.1. The van der Waals surface area contributed by atoms with Crippen LogP contribution in [-0.4, -0.2) is 46.8 Å². The maximum absolute atomic E-state index is 12.9. The van der Waals surface area contributed by atoms with E-state index in [1.54, 1.807) is 53.4 Å². The summed E-state index contributed by atoms with van der Waals surface area (Å²) in [5, 5.41) is 21.8. The van der Waals surface area contributed by atoms with Gasteiger partial charge in [0.1, 0.15) is 6.29 Å². The second kappa shape index (κ2) is 15.7. The molecule has 4 aromatic rings. The quantitative estimate of drug-likeness (QED) is 0.118. The average molecular weight is 683 g/mol. The normalized spacial score (nSPS) is 13.7. The third kappa shape index (κ3) is 7.77. The molecular formula is C36H31ClN4O8. The number of hydrogen-bond donors (Lipinski definition) is 0. The first kappa shape index (κ1) is 35.8. The van der Waals surface area contributed by atoms with Gasteiger partial charge in [0.15, 0.2) is 5.78 Å². The Morgan fingerprint density at radius 2 is 1.12 bits per heavy atom. The lowest BCUT2D eigenvalue weighted by molar-refractivity contribution is -0.385. The van der Waals surface area contributed by atoms with Crippen LogP contribution < -0.4 is 9.80 Å². The number of carbonyl (C=O) groups excluding carboxylic acids is 4. The highest BCUT2D eigenvalue weighted by atomic mass is 35.5. The van der Waals surface area contributed by atoms with E-state index in [9.17, 15) is 39.4 Å². The number of rotatable bonds is 5. The van der Waals surface area contributed by atoms with Crippen LogP contribution in [0.5, 0.6) is 0 Å². The van der Waals surface area contributed by atoms with Gasteiger partial charge in [-0.1, -0.05) is 49.4 Å². The van der Waals surface area contributed by atoms with Gasteiger partial charge in [0.25, 0.3) is 23.2 Å². The maximum atomic E-state index is 12.9. The zero-order chi connectivity index (χ0) is 34.4. The zero-order valence-electron chi connectivity index (χ0n) is 25.3. The summed E-state index contributed by atoms with van der Waals surface area (Å²) in [7, 11) is 0. The van der Waals surface area contributed by atoms with Gasteiger partial charge in [0, 0.05) is 71.6 Å². The predicted octanol–water partition coefficient (Wildman–Crippen LogP) is 7.65. The number of nitro benzene ring substituents is 2. The summed E-state index contributed by atoms with van der Waals surface area (Å²) in [6.07, 6.45) is 2.03. The summed E-state index contributed by atoms with van der Waals surface area (Å²) in [6, 6.07) is 25.0. The Morgan fingerprint density at radius 1 is 0.673 bits per heavy atom. The molecule has 0 bridgehead atoms. The molecule has 0 radical (unpaired) electrons. The fraction of sp³-hybridized carbons (Fsp3) is 0.167. The van der Waals surface area contributed by atoms with Crippen LogP contribution >= 0.6 is 11.6 Å². The van der Waals surface area contributed by atoms with Crippen LogP contribution in [0.3, 0.4) is 0 Å². The van der Waals surface area contributed by atoms with Crippen molar-refractivity contribution in [2.45, 2.75) is 26.7 Å². The van der Waals surface area contributed by atoms with Crippen molar-refractivity contribution in [2.24, 2.45) is 0 Å². The Bertz CT molecular complexity index is 1960. The van der Waals surface area contributed by atoms with Crippen molar-refractivity contribution < 1.29 is 29.0 Å². The molecule has 0 saturated heterocycles. The number of anilines is 2. The first-order valence-corrected chi connectivity index (χ1v) is 15.2. The molecule has 13 heteroatoms. The van der Waals surface area contributed by atoms with E-state index in [1.165, 1.54) is 53.4 Å². The van der Waals surface area contributed by atoms with E-state index >= 15 is 0 Å². The number of fused-ring (bicyclic) bond motifs is 2. The van der Waals surface area contributed by atoms with Crippen LogP contribution in [-0.2, 0) is 4.79 Å². The second-order valence-electron chi connectivity index (χ2n) is 10.8. The Labute approximate surface area is 286 Å². The molecule has 0 N–H and O–H groups in total. The van der Waals surface area contributed by atoms with E-state index in [0.29, 0.717) is 76.3 Å². The van der Waals surface area contributed by atoms with Crippen LogP contribution in [0.2, 0.25) is 0 Å².